The standard InChI is InChI=1S/C46H74NO11P/c1-3-5-6-7-8-9-10-11-12-13-14-19-22-25-28-31-34-37-45(50)58-42(39-56-59(53,54)57-40-43(47)46(51)52)38-55-44(49)36-33-30-27-24-21-18-16-15-17-20-23-26-29-32-35-41(48)4-2/h8-9,11-12,14,16-20,24-29,41-43,48H,3-7,10,13,15,21-23,30-40,47H2,1-2H3,(H,51,52)(H,53,54)/b9-8-,12-11-,18-16-,19-14-,20-17-,27-24-,28-25-,29-26-/t41-,42+,43-/m0/s1. The van der Waals surface area contributed by atoms with E-state index in [2.05, 4.69) is 84.4 Å². The molecule has 13 heteroatoms. The average molecular weight is 848 g/mol. The maximum atomic E-state index is 12.6. The van der Waals surface area contributed by atoms with Crippen molar-refractivity contribution in [2.75, 3.05) is 19.8 Å². The molecule has 0 aliphatic heterocycles. The van der Waals surface area contributed by atoms with Crippen LogP contribution in [0, 0.1) is 0 Å². The van der Waals surface area contributed by atoms with Crippen molar-refractivity contribution in [3.8, 4) is 0 Å². The van der Waals surface area contributed by atoms with Crippen LogP contribution in [-0.2, 0) is 37.5 Å². The number of esters is 2. The summed E-state index contributed by atoms with van der Waals surface area (Å²) in [6, 6.07) is -1.55. The van der Waals surface area contributed by atoms with Gasteiger partial charge in [0.15, 0.2) is 6.10 Å². The molecular formula is C46H74NO11P. The molecule has 334 valence electrons. The van der Waals surface area contributed by atoms with Crippen LogP contribution >= 0.6 is 7.82 Å². The van der Waals surface area contributed by atoms with Crippen molar-refractivity contribution in [1.29, 1.82) is 0 Å². The number of unbranched alkanes of at least 4 members (excludes halogenated alkanes) is 5. The summed E-state index contributed by atoms with van der Waals surface area (Å²) in [5.41, 5.74) is 5.32. The van der Waals surface area contributed by atoms with Gasteiger partial charge in [0.2, 0.25) is 0 Å². The first-order valence-electron chi connectivity index (χ1n) is 21.3. The molecule has 0 aromatic carbocycles. The lowest BCUT2D eigenvalue weighted by molar-refractivity contribution is -0.161. The van der Waals surface area contributed by atoms with Crippen LogP contribution in [0.15, 0.2) is 97.2 Å². The van der Waals surface area contributed by atoms with Gasteiger partial charge in [0, 0.05) is 12.8 Å². The van der Waals surface area contributed by atoms with E-state index in [9.17, 15) is 28.9 Å². The molecule has 0 radical (unpaired) electrons. The molecule has 0 heterocycles. The molecule has 0 saturated carbocycles. The van der Waals surface area contributed by atoms with Gasteiger partial charge in [0.05, 0.1) is 19.3 Å². The summed E-state index contributed by atoms with van der Waals surface area (Å²) >= 11 is 0. The lowest BCUT2D eigenvalue weighted by atomic mass is 10.1. The molecule has 0 saturated heterocycles. The molecule has 1 unspecified atom stereocenters. The first-order valence-corrected chi connectivity index (χ1v) is 22.8. The highest BCUT2D eigenvalue weighted by Gasteiger charge is 2.28. The van der Waals surface area contributed by atoms with Crippen molar-refractivity contribution in [3.63, 3.8) is 0 Å². The largest absolute Gasteiger partial charge is 0.480 e. The van der Waals surface area contributed by atoms with E-state index in [-0.39, 0.29) is 18.9 Å². The second-order valence-corrected chi connectivity index (χ2v) is 15.4. The summed E-state index contributed by atoms with van der Waals surface area (Å²) < 4.78 is 32.5. The number of carboxylic acid groups (broad SMARTS) is 1. The molecule has 12 nitrogen and oxygen atoms in total. The highest BCUT2D eigenvalue weighted by Crippen LogP contribution is 2.43. The third kappa shape index (κ3) is 39.6. The Labute approximate surface area is 354 Å². The fourth-order valence-corrected chi connectivity index (χ4v) is 5.69. The number of carbonyl (C=O) groups is 3. The smallest absolute Gasteiger partial charge is 0.472 e. The number of hydrogen-bond acceptors (Lipinski definition) is 10. The van der Waals surface area contributed by atoms with E-state index in [0.717, 1.165) is 64.2 Å². The van der Waals surface area contributed by atoms with Crippen LogP contribution in [0.1, 0.15) is 136 Å². The molecule has 0 aliphatic rings. The minimum Gasteiger partial charge on any atom is -0.480 e. The summed E-state index contributed by atoms with van der Waals surface area (Å²) in [5, 5.41) is 18.4. The van der Waals surface area contributed by atoms with Gasteiger partial charge in [-0.05, 0) is 96.3 Å². The number of carboxylic acids is 1. The molecule has 0 aromatic rings. The third-order valence-electron chi connectivity index (χ3n) is 8.47. The topological polar surface area (TPSA) is 192 Å². The fraction of sp³-hybridized carbons (Fsp3) is 0.587. The van der Waals surface area contributed by atoms with Crippen molar-refractivity contribution in [2.24, 2.45) is 5.73 Å². The highest BCUT2D eigenvalue weighted by atomic mass is 31.2. The van der Waals surface area contributed by atoms with Crippen molar-refractivity contribution >= 4 is 25.7 Å². The maximum absolute atomic E-state index is 12.6. The Morgan fingerprint density at radius 3 is 1.47 bits per heavy atom. The Hall–Kier alpha value is -3.64. The number of aliphatic hydroxyl groups is 1. The van der Waals surface area contributed by atoms with Gasteiger partial charge in [-0.3, -0.25) is 23.4 Å². The van der Waals surface area contributed by atoms with Crippen LogP contribution in [0.4, 0.5) is 0 Å². The average Bonchev–Trinajstić information content (AvgIpc) is 3.21. The van der Waals surface area contributed by atoms with Gasteiger partial charge in [-0.15, -0.1) is 0 Å². The number of nitrogens with two attached hydrogens (primary N) is 1. The van der Waals surface area contributed by atoms with Crippen molar-refractivity contribution < 1.29 is 52.6 Å². The summed E-state index contributed by atoms with van der Waals surface area (Å²) in [7, 11) is -4.76. The molecular weight excluding hydrogens is 773 g/mol. The number of rotatable bonds is 38. The van der Waals surface area contributed by atoms with E-state index < -0.39 is 57.7 Å². The van der Waals surface area contributed by atoms with Crippen LogP contribution in [-0.4, -0.2) is 71.1 Å². The lowest BCUT2D eigenvalue weighted by Gasteiger charge is -2.20. The Balaban J connectivity index is 4.60. The SMILES string of the molecule is CCCCC/C=C\C/C=C\C/C=C\C/C=C\CCCC(=O)O[C@H](COC(=O)CCC/C=C\C/C=C\C/C=C\C/C=C\CC[C@@H](O)CC)COP(=O)(O)OC[C@H](N)C(=O)O. The van der Waals surface area contributed by atoms with E-state index in [4.69, 9.17) is 24.8 Å². The Morgan fingerprint density at radius 1 is 0.593 bits per heavy atom. The quantitative estimate of drug-likeness (QED) is 0.0199. The zero-order chi connectivity index (χ0) is 43.7. The van der Waals surface area contributed by atoms with Crippen LogP contribution < -0.4 is 5.73 Å². The third-order valence-corrected chi connectivity index (χ3v) is 9.42. The van der Waals surface area contributed by atoms with Gasteiger partial charge in [-0.1, -0.05) is 124 Å². The van der Waals surface area contributed by atoms with Gasteiger partial charge in [0.25, 0.3) is 0 Å². The predicted octanol–water partition coefficient (Wildman–Crippen LogP) is 10.2. The Morgan fingerprint density at radius 2 is 1.02 bits per heavy atom. The van der Waals surface area contributed by atoms with Gasteiger partial charge >= 0.3 is 25.7 Å². The highest BCUT2D eigenvalue weighted by molar-refractivity contribution is 7.47. The number of hydrogen-bond donors (Lipinski definition) is 4. The maximum Gasteiger partial charge on any atom is 0.472 e. The van der Waals surface area contributed by atoms with Gasteiger partial charge in [-0.2, -0.15) is 0 Å². The van der Waals surface area contributed by atoms with Gasteiger partial charge in [-0.25, -0.2) is 4.57 Å². The summed E-state index contributed by atoms with van der Waals surface area (Å²) in [5.74, 6) is -2.56. The number of carbonyl (C=O) groups excluding carboxylic acids is 2. The fourth-order valence-electron chi connectivity index (χ4n) is 4.91. The van der Waals surface area contributed by atoms with Crippen LogP contribution in [0.3, 0.4) is 0 Å². The second-order valence-electron chi connectivity index (χ2n) is 13.9. The number of phosphoric acid groups is 1. The number of ether oxygens (including phenoxy) is 2. The van der Waals surface area contributed by atoms with Crippen LogP contribution in [0.5, 0.6) is 0 Å². The van der Waals surface area contributed by atoms with Crippen LogP contribution in [0.2, 0.25) is 0 Å². The molecule has 0 aromatic heterocycles. The van der Waals surface area contributed by atoms with E-state index in [0.29, 0.717) is 25.7 Å². The van der Waals surface area contributed by atoms with Crippen molar-refractivity contribution in [1.82, 2.24) is 0 Å². The zero-order valence-corrected chi connectivity index (χ0v) is 36.6. The molecule has 0 spiro atoms. The Bertz CT molecular complexity index is 1380. The van der Waals surface area contributed by atoms with Crippen molar-refractivity contribution in [2.45, 2.75) is 154 Å². The molecule has 0 amide bonds. The van der Waals surface area contributed by atoms with E-state index in [1.165, 1.54) is 19.3 Å². The predicted molar refractivity (Wildman–Crippen MR) is 236 cm³/mol. The number of aliphatic carboxylic acids is 1. The second kappa shape index (κ2) is 39.8. The molecule has 0 fully saturated rings. The first kappa shape index (κ1) is 55.4. The number of aliphatic hydroxyl groups excluding tert-OH is 1. The van der Waals surface area contributed by atoms with Crippen molar-refractivity contribution in [3.05, 3.63) is 97.2 Å². The molecule has 0 bridgehead atoms. The molecule has 0 aliphatic carbocycles. The van der Waals surface area contributed by atoms with Crippen LogP contribution in [0.25, 0.3) is 0 Å². The van der Waals surface area contributed by atoms with E-state index >= 15 is 0 Å². The minimum absolute atomic E-state index is 0.0608. The molecule has 59 heavy (non-hydrogen) atoms. The summed E-state index contributed by atoms with van der Waals surface area (Å²) in [4.78, 5) is 45.9. The number of phosphoric ester groups is 1. The molecule has 0 rings (SSSR count). The normalized spacial score (nSPS) is 15.2. The molecule has 5 N–H and O–H groups in total. The first-order chi connectivity index (χ1) is 28.5. The van der Waals surface area contributed by atoms with E-state index in [1.54, 1.807) is 0 Å². The summed E-state index contributed by atoms with van der Waals surface area (Å²) in [6.07, 6.45) is 47.2. The summed E-state index contributed by atoms with van der Waals surface area (Å²) in [6.45, 7) is 2.35. The van der Waals surface area contributed by atoms with Gasteiger partial charge in [0.1, 0.15) is 12.6 Å². The molecule has 4 atom stereocenters. The monoisotopic (exact) mass is 847 g/mol. The lowest BCUT2D eigenvalue weighted by Crippen LogP contribution is -2.34. The Kier molecular flexibility index (Phi) is 37.3. The number of allylic oxidation sites excluding steroid dienone is 16. The van der Waals surface area contributed by atoms with Gasteiger partial charge < -0.3 is 30.3 Å². The minimum atomic E-state index is -4.76. The zero-order valence-electron chi connectivity index (χ0n) is 35.7. The van der Waals surface area contributed by atoms with E-state index in [1.807, 2.05) is 31.2 Å².